The van der Waals surface area contributed by atoms with Crippen molar-refractivity contribution >= 4 is 5.96 Å². The van der Waals surface area contributed by atoms with Crippen LogP contribution in [0.25, 0.3) is 0 Å². The van der Waals surface area contributed by atoms with Gasteiger partial charge < -0.3 is 11.6 Å². The van der Waals surface area contributed by atoms with Crippen LogP contribution in [0, 0.1) is 0 Å². The molecule has 5 heteroatoms. The summed E-state index contributed by atoms with van der Waals surface area (Å²) in [6, 6.07) is 0. The first kappa shape index (κ1) is 7.03. The molecule has 0 aliphatic carbocycles. The molecule has 5 nitrogen and oxygen atoms in total. The highest BCUT2D eigenvalue weighted by Gasteiger charge is 1.86. The summed E-state index contributed by atoms with van der Waals surface area (Å²) in [7, 11) is 3.58. The molecule has 0 unspecified atom stereocenters. The third-order valence-electron chi connectivity index (χ3n) is 0.477. The molecule has 5 N–H and O–H groups in total. The molecule has 0 aromatic rings. The number of hydrogen-bond acceptors (Lipinski definition) is 3. The largest absolute Gasteiger partial charge is 0.367 e. The van der Waals surface area contributed by atoms with Gasteiger partial charge in [0.05, 0.1) is 0 Å². The summed E-state index contributed by atoms with van der Waals surface area (Å²) in [6.07, 6.45) is 0. The van der Waals surface area contributed by atoms with Crippen molar-refractivity contribution in [2.24, 2.45) is 16.7 Å². The molecule has 0 aromatic carbocycles. The van der Waals surface area contributed by atoms with Gasteiger partial charge in [0.1, 0.15) is 0 Å². The molecule has 0 saturated carbocycles. The minimum absolute atomic E-state index is 0.204. The molecule has 0 aliphatic rings. The van der Waals surface area contributed by atoms with Gasteiger partial charge in [0.2, 0.25) is 5.96 Å². The highest BCUT2D eigenvalue weighted by Crippen LogP contribution is 1.59. The molecule has 48 valence electrons. The maximum Gasteiger partial charge on any atom is 0.225 e. The molecule has 0 atom stereocenters. The number of hydrazone groups is 1. The Morgan fingerprint density at radius 2 is 2.12 bits per heavy atom. The molecule has 0 heterocycles. The lowest BCUT2D eigenvalue weighted by molar-refractivity contribution is 0.360. The minimum Gasteiger partial charge on any atom is -0.367 e. The van der Waals surface area contributed by atoms with Gasteiger partial charge in [-0.15, -0.1) is 5.10 Å². The number of nitrogens with one attached hydrogen (secondary N) is 1. The van der Waals surface area contributed by atoms with Crippen molar-refractivity contribution in [2.45, 2.75) is 0 Å². The molecule has 0 fully saturated rings. The lowest BCUT2D eigenvalue weighted by atomic mass is 11.0. The molecular formula is C3H11N5. The Balaban J connectivity index is 3.39. The van der Waals surface area contributed by atoms with Crippen molar-refractivity contribution in [1.82, 2.24) is 10.4 Å². The third-order valence-corrected chi connectivity index (χ3v) is 0.477. The summed E-state index contributed by atoms with van der Waals surface area (Å²) in [5.74, 6) is 5.00. The smallest absolute Gasteiger partial charge is 0.225 e. The quantitative estimate of drug-likeness (QED) is 0.164. The van der Waals surface area contributed by atoms with Gasteiger partial charge in [-0.1, -0.05) is 0 Å². The summed E-state index contributed by atoms with van der Waals surface area (Å²) < 4.78 is 0. The molecule has 0 aromatic heterocycles. The van der Waals surface area contributed by atoms with E-state index in [0.717, 1.165) is 0 Å². The molecule has 0 amide bonds. The molecule has 8 heavy (non-hydrogen) atoms. The molecule has 0 aliphatic heterocycles. The molecule has 0 spiro atoms. The van der Waals surface area contributed by atoms with E-state index < -0.39 is 0 Å². The normalized spacial score (nSPS) is 12.1. The average Bonchev–Trinajstić information content (AvgIpc) is 1.65. The predicted molar refractivity (Wildman–Crippen MR) is 32.6 cm³/mol. The van der Waals surface area contributed by atoms with Crippen LogP contribution in [-0.4, -0.2) is 25.1 Å². The van der Waals surface area contributed by atoms with E-state index in [2.05, 4.69) is 10.5 Å². The summed E-state index contributed by atoms with van der Waals surface area (Å²) in [5.41, 5.74) is 7.77. The van der Waals surface area contributed by atoms with Gasteiger partial charge >= 0.3 is 0 Å². The summed E-state index contributed by atoms with van der Waals surface area (Å²) in [5, 5.41) is 4.81. The lowest BCUT2D eigenvalue weighted by Gasteiger charge is -2.10. The van der Waals surface area contributed by atoms with Crippen molar-refractivity contribution < 1.29 is 0 Å². The summed E-state index contributed by atoms with van der Waals surface area (Å²) in [6.45, 7) is 0. The van der Waals surface area contributed by atoms with Crippen LogP contribution in [0.5, 0.6) is 0 Å². The maximum atomic E-state index is 5.15. The van der Waals surface area contributed by atoms with E-state index in [9.17, 15) is 0 Å². The number of nitrogens with zero attached hydrogens (tertiary/aromatic N) is 2. The van der Waals surface area contributed by atoms with Gasteiger partial charge in [-0.25, -0.2) is 5.01 Å². The van der Waals surface area contributed by atoms with Crippen LogP contribution >= 0.6 is 0 Å². The zero-order chi connectivity index (χ0) is 6.57. The van der Waals surface area contributed by atoms with Crippen LogP contribution in [0.3, 0.4) is 0 Å². The SMILES string of the molecule is CN(C)N/C(N)=N/N. The second kappa shape index (κ2) is 3.09. The van der Waals surface area contributed by atoms with Gasteiger partial charge in [0.15, 0.2) is 0 Å². The van der Waals surface area contributed by atoms with Crippen LogP contribution < -0.4 is 17.0 Å². The standard InChI is InChI=1S/C3H11N5/c1-8(2)7-3(4)6-5/h5H2,1-2H3,(H3,4,6,7). The fourth-order valence-corrected chi connectivity index (χ4v) is 0.258. The number of guanidine groups is 1. The van der Waals surface area contributed by atoms with Gasteiger partial charge in [-0.3, -0.25) is 5.43 Å². The molecule has 0 bridgehead atoms. The van der Waals surface area contributed by atoms with Crippen LogP contribution in [0.4, 0.5) is 0 Å². The molecule has 0 radical (unpaired) electrons. The number of hydrazine groups is 1. The minimum atomic E-state index is 0.204. The van der Waals surface area contributed by atoms with Crippen molar-refractivity contribution in [3.63, 3.8) is 0 Å². The van der Waals surface area contributed by atoms with E-state index in [4.69, 9.17) is 11.6 Å². The third kappa shape index (κ3) is 3.23. The Kier molecular flexibility index (Phi) is 2.71. The van der Waals surface area contributed by atoms with E-state index in [1.807, 2.05) is 0 Å². The predicted octanol–water partition coefficient (Wildman–Crippen LogP) is -1.76. The second-order valence-electron chi connectivity index (χ2n) is 1.52. The Bertz CT molecular complexity index is 85.7. The average molecular weight is 117 g/mol. The number of hydrogen-bond donors (Lipinski definition) is 3. The Hall–Kier alpha value is -0.970. The Morgan fingerprint density at radius 3 is 2.25 bits per heavy atom. The zero-order valence-corrected chi connectivity index (χ0v) is 5.05. The van der Waals surface area contributed by atoms with E-state index in [0.29, 0.717) is 0 Å². The fraction of sp³-hybridized carbons (Fsp3) is 0.667. The second-order valence-corrected chi connectivity index (χ2v) is 1.52. The topological polar surface area (TPSA) is 79.7 Å². The first-order valence-electron chi connectivity index (χ1n) is 2.14. The summed E-state index contributed by atoms with van der Waals surface area (Å²) in [4.78, 5) is 0. The van der Waals surface area contributed by atoms with Gasteiger partial charge in [-0.05, 0) is 0 Å². The van der Waals surface area contributed by atoms with Crippen LogP contribution in [0.15, 0.2) is 5.10 Å². The van der Waals surface area contributed by atoms with Crippen LogP contribution in [-0.2, 0) is 0 Å². The fourth-order valence-electron chi connectivity index (χ4n) is 0.258. The van der Waals surface area contributed by atoms with Crippen molar-refractivity contribution in [1.29, 1.82) is 0 Å². The molecule has 0 rings (SSSR count). The lowest BCUT2D eigenvalue weighted by Crippen LogP contribution is -2.41. The van der Waals surface area contributed by atoms with Crippen molar-refractivity contribution in [3.05, 3.63) is 0 Å². The maximum absolute atomic E-state index is 5.15. The number of rotatable bonds is 1. The Labute approximate surface area is 48.3 Å². The van der Waals surface area contributed by atoms with Crippen LogP contribution in [0.1, 0.15) is 0 Å². The first-order chi connectivity index (χ1) is 3.66. The van der Waals surface area contributed by atoms with E-state index >= 15 is 0 Å². The van der Waals surface area contributed by atoms with Crippen molar-refractivity contribution in [3.8, 4) is 0 Å². The van der Waals surface area contributed by atoms with E-state index in [1.165, 1.54) is 0 Å². The van der Waals surface area contributed by atoms with Gasteiger partial charge in [0, 0.05) is 14.1 Å². The first-order valence-corrected chi connectivity index (χ1v) is 2.14. The van der Waals surface area contributed by atoms with Gasteiger partial charge in [-0.2, -0.15) is 0 Å². The summed E-state index contributed by atoms with van der Waals surface area (Å²) >= 11 is 0. The van der Waals surface area contributed by atoms with E-state index in [1.54, 1.807) is 19.1 Å². The highest BCUT2D eigenvalue weighted by atomic mass is 15.5. The van der Waals surface area contributed by atoms with Crippen LogP contribution in [0.2, 0.25) is 0 Å². The Morgan fingerprint density at radius 1 is 1.62 bits per heavy atom. The van der Waals surface area contributed by atoms with Crippen molar-refractivity contribution in [2.75, 3.05) is 14.1 Å². The number of nitrogens with two attached hydrogens (primary N) is 2. The zero-order valence-electron chi connectivity index (χ0n) is 5.05. The molecule has 0 saturated heterocycles. The van der Waals surface area contributed by atoms with E-state index in [-0.39, 0.29) is 5.96 Å². The molecular weight excluding hydrogens is 106 g/mol. The highest BCUT2D eigenvalue weighted by molar-refractivity contribution is 5.76. The monoisotopic (exact) mass is 117 g/mol. The van der Waals surface area contributed by atoms with Gasteiger partial charge in [0.25, 0.3) is 0 Å².